The first-order chi connectivity index (χ1) is 10.5. The molecule has 1 aromatic carbocycles. The molecule has 7 nitrogen and oxygen atoms in total. The Bertz CT molecular complexity index is 1130. The maximum atomic E-state index is 13.0. The van der Waals surface area contributed by atoms with Gasteiger partial charge in [-0.15, -0.1) is 0 Å². The third-order valence-electron chi connectivity index (χ3n) is 3.49. The van der Waals surface area contributed by atoms with Crippen LogP contribution in [-0.4, -0.2) is 18.9 Å². The number of imidazole rings is 1. The Hall–Kier alpha value is -3.16. The van der Waals surface area contributed by atoms with Gasteiger partial charge in [0.2, 0.25) is 0 Å². The average molecular weight is 300 g/mol. The molecule has 0 saturated carbocycles. The molecule has 0 atom stereocenters. The summed E-state index contributed by atoms with van der Waals surface area (Å²) in [5.41, 5.74) is 0.0164. The molecule has 3 aromatic heterocycles. The molecule has 0 aliphatic carbocycles. The van der Waals surface area contributed by atoms with Gasteiger partial charge in [0.25, 0.3) is 5.56 Å². The second kappa shape index (κ2) is 4.17. The Kier molecular flexibility index (Phi) is 2.38. The van der Waals surface area contributed by atoms with E-state index in [-0.39, 0.29) is 22.8 Å². The summed E-state index contributed by atoms with van der Waals surface area (Å²) < 4.78 is 21.3. The van der Waals surface area contributed by atoms with E-state index in [4.69, 9.17) is 4.42 Å². The molecule has 0 aliphatic heterocycles. The van der Waals surface area contributed by atoms with Gasteiger partial charge in [-0.2, -0.15) is 4.98 Å². The number of fused-ring (bicyclic) bond motifs is 3. The molecule has 0 bridgehead atoms. The van der Waals surface area contributed by atoms with Crippen LogP contribution in [0.25, 0.3) is 28.3 Å². The first-order valence-electron chi connectivity index (χ1n) is 6.41. The van der Waals surface area contributed by atoms with Crippen LogP contribution in [0.4, 0.5) is 4.39 Å². The number of rotatable bonds is 1. The van der Waals surface area contributed by atoms with Gasteiger partial charge < -0.3 is 4.42 Å². The van der Waals surface area contributed by atoms with E-state index in [1.165, 1.54) is 28.1 Å². The summed E-state index contributed by atoms with van der Waals surface area (Å²) in [5, 5.41) is 0. The van der Waals surface area contributed by atoms with E-state index in [9.17, 15) is 14.0 Å². The molecular weight excluding hydrogens is 291 g/mol. The van der Waals surface area contributed by atoms with Gasteiger partial charge in [0.05, 0.1) is 6.20 Å². The second-order valence-corrected chi connectivity index (χ2v) is 4.86. The Morgan fingerprint density at radius 1 is 1.23 bits per heavy atom. The van der Waals surface area contributed by atoms with Crippen molar-refractivity contribution in [1.82, 2.24) is 18.9 Å². The number of benzene rings is 1. The van der Waals surface area contributed by atoms with Crippen LogP contribution in [0.1, 0.15) is 0 Å². The third-order valence-corrected chi connectivity index (χ3v) is 3.49. The molecule has 4 rings (SSSR count). The van der Waals surface area contributed by atoms with Gasteiger partial charge in [0.1, 0.15) is 5.82 Å². The predicted molar refractivity (Wildman–Crippen MR) is 76.2 cm³/mol. The smallest absolute Gasteiger partial charge is 0.329 e. The van der Waals surface area contributed by atoms with Gasteiger partial charge in [-0.1, -0.05) is 0 Å². The molecule has 0 saturated heterocycles. The average Bonchev–Trinajstić information content (AvgIpc) is 3.03. The molecule has 4 aromatic rings. The topological polar surface area (TPSA) is 85.3 Å². The van der Waals surface area contributed by atoms with Gasteiger partial charge in [-0.3, -0.25) is 18.7 Å². The van der Waals surface area contributed by atoms with E-state index in [0.717, 1.165) is 0 Å². The number of halogens is 1. The number of aromatic nitrogens is 4. The molecule has 0 aliphatic rings. The van der Waals surface area contributed by atoms with Crippen molar-refractivity contribution in [2.24, 2.45) is 7.05 Å². The number of aromatic amines is 1. The molecule has 22 heavy (non-hydrogen) atoms. The maximum absolute atomic E-state index is 13.0. The lowest BCUT2D eigenvalue weighted by Crippen LogP contribution is -2.28. The summed E-state index contributed by atoms with van der Waals surface area (Å²) in [6.07, 6.45) is 1.58. The fourth-order valence-electron chi connectivity index (χ4n) is 2.36. The van der Waals surface area contributed by atoms with Crippen molar-refractivity contribution in [2.45, 2.75) is 0 Å². The van der Waals surface area contributed by atoms with Gasteiger partial charge in [-0.05, 0) is 24.3 Å². The minimum absolute atomic E-state index is 0.182. The van der Waals surface area contributed by atoms with E-state index in [2.05, 4.69) is 9.97 Å². The van der Waals surface area contributed by atoms with Crippen molar-refractivity contribution >= 4 is 17.0 Å². The zero-order valence-electron chi connectivity index (χ0n) is 11.3. The van der Waals surface area contributed by atoms with E-state index in [0.29, 0.717) is 11.3 Å². The highest BCUT2D eigenvalue weighted by atomic mass is 19.1. The van der Waals surface area contributed by atoms with Crippen LogP contribution in [0.5, 0.6) is 0 Å². The number of hydrogen-bond acceptors (Lipinski definition) is 4. The predicted octanol–water partition coefficient (Wildman–Crippen LogP) is 1.27. The Morgan fingerprint density at radius 3 is 2.68 bits per heavy atom. The number of nitrogens with zero attached hydrogens (tertiary/aromatic N) is 3. The summed E-state index contributed by atoms with van der Waals surface area (Å²) in [5.74, 6) is 0.274. The lowest BCUT2D eigenvalue weighted by Gasteiger charge is -1.97. The molecule has 3 heterocycles. The zero-order chi connectivity index (χ0) is 15.4. The first-order valence-corrected chi connectivity index (χ1v) is 6.41. The number of nitrogens with one attached hydrogen (secondary N) is 1. The Morgan fingerprint density at radius 2 is 1.95 bits per heavy atom. The summed E-state index contributed by atoms with van der Waals surface area (Å²) in [6, 6.07) is 5.76. The number of aryl methyl sites for hydroxylation is 1. The van der Waals surface area contributed by atoms with E-state index in [1.807, 2.05) is 0 Å². The summed E-state index contributed by atoms with van der Waals surface area (Å²) in [4.78, 5) is 29.9. The molecule has 0 spiro atoms. The van der Waals surface area contributed by atoms with E-state index < -0.39 is 11.2 Å². The van der Waals surface area contributed by atoms with Crippen LogP contribution < -0.4 is 11.2 Å². The van der Waals surface area contributed by atoms with Crippen LogP contribution >= 0.6 is 0 Å². The first kappa shape index (κ1) is 12.6. The van der Waals surface area contributed by atoms with Crippen LogP contribution in [0.2, 0.25) is 0 Å². The largest absolute Gasteiger partial charge is 0.423 e. The highest BCUT2D eigenvalue weighted by Gasteiger charge is 2.17. The maximum Gasteiger partial charge on any atom is 0.329 e. The SMILES string of the molecule is Cn1c(=O)[nH]c(=O)c2c1nc1oc(-c3ccc(F)cc3)cn12. The molecule has 0 amide bonds. The fraction of sp³-hybridized carbons (Fsp3) is 0.0714. The van der Waals surface area contributed by atoms with Crippen molar-refractivity contribution in [3.8, 4) is 11.3 Å². The molecule has 110 valence electrons. The Labute approximate surface area is 121 Å². The molecule has 8 heteroatoms. The summed E-state index contributed by atoms with van der Waals surface area (Å²) in [7, 11) is 1.51. The zero-order valence-corrected chi connectivity index (χ0v) is 11.3. The van der Waals surface area contributed by atoms with Crippen LogP contribution in [0, 0.1) is 5.82 Å². The highest BCUT2D eigenvalue weighted by molar-refractivity contribution is 5.76. The molecular formula is C14H9FN4O3. The minimum Gasteiger partial charge on any atom is -0.423 e. The van der Waals surface area contributed by atoms with Gasteiger partial charge in [0.15, 0.2) is 16.9 Å². The lowest BCUT2D eigenvalue weighted by molar-refractivity contribution is 0.609. The molecule has 0 unspecified atom stereocenters. The lowest BCUT2D eigenvalue weighted by atomic mass is 10.2. The number of H-pyrrole nitrogens is 1. The Balaban J connectivity index is 2.04. The van der Waals surface area contributed by atoms with Crippen LogP contribution in [0.3, 0.4) is 0 Å². The van der Waals surface area contributed by atoms with Gasteiger partial charge in [-0.25, -0.2) is 9.18 Å². The van der Waals surface area contributed by atoms with Gasteiger partial charge >= 0.3 is 11.5 Å². The summed E-state index contributed by atoms with van der Waals surface area (Å²) >= 11 is 0. The second-order valence-electron chi connectivity index (χ2n) is 4.86. The summed E-state index contributed by atoms with van der Waals surface area (Å²) in [6.45, 7) is 0. The van der Waals surface area contributed by atoms with Crippen molar-refractivity contribution in [1.29, 1.82) is 0 Å². The minimum atomic E-state index is -0.544. The van der Waals surface area contributed by atoms with E-state index >= 15 is 0 Å². The fourth-order valence-corrected chi connectivity index (χ4v) is 2.36. The molecule has 1 N–H and O–H groups in total. The van der Waals surface area contributed by atoms with Crippen molar-refractivity contribution in [3.05, 3.63) is 57.1 Å². The van der Waals surface area contributed by atoms with Crippen molar-refractivity contribution in [2.75, 3.05) is 0 Å². The standard InChI is InChI=1S/C14H9FN4O3/c1-18-11-10(12(20)17-13(18)21)19-6-9(22-14(19)16-11)7-2-4-8(15)5-3-7/h2-6H,1H3,(H,17,20,21). The van der Waals surface area contributed by atoms with Crippen molar-refractivity contribution < 1.29 is 8.81 Å². The number of hydrogen-bond donors (Lipinski definition) is 1. The van der Waals surface area contributed by atoms with Crippen LogP contribution in [-0.2, 0) is 7.05 Å². The van der Waals surface area contributed by atoms with E-state index in [1.54, 1.807) is 18.3 Å². The highest BCUT2D eigenvalue weighted by Crippen LogP contribution is 2.24. The van der Waals surface area contributed by atoms with Crippen molar-refractivity contribution in [3.63, 3.8) is 0 Å². The van der Waals surface area contributed by atoms with Gasteiger partial charge in [0, 0.05) is 12.6 Å². The van der Waals surface area contributed by atoms with Crippen LogP contribution in [0.15, 0.2) is 44.5 Å². The number of oxazole rings is 1. The normalized spacial score (nSPS) is 11.5. The quantitative estimate of drug-likeness (QED) is 0.573. The monoisotopic (exact) mass is 300 g/mol. The molecule has 0 fully saturated rings. The third kappa shape index (κ3) is 1.63. The molecule has 0 radical (unpaired) electrons.